The number of benzene rings is 1. The lowest BCUT2D eigenvalue weighted by atomic mass is 10.3. The predicted molar refractivity (Wildman–Crippen MR) is 72.5 cm³/mol. The third-order valence-electron chi connectivity index (χ3n) is 2.08. The number of aryl methyl sites for hydroxylation is 1. The minimum atomic E-state index is 0.541. The van der Waals surface area contributed by atoms with Crippen LogP contribution in [0.4, 0.5) is 5.69 Å². The molecule has 1 aromatic carbocycles. The normalized spacial score (nSPS) is 10.5. The molecule has 0 atom stereocenters. The van der Waals surface area contributed by atoms with Crippen LogP contribution in [-0.4, -0.2) is 9.36 Å². The highest BCUT2D eigenvalue weighted by atomic mass is 79.9. The number of hydrogen-bond donors (Lipinski definition) is 1. The molecule has 0 bridgehead atoms. The molecule has 0 saturated carbocycles. The average Bonchev–Trinajstić information content (AvgIpc) is 2.72. The minimum absolute atomic E-state index is 0.541. The Kier molecular flexibility index (Phi) is 3.96. The summed E-state index contributed by atoms with van der Waals surface area (Å²) in [7, 11) is 0. The molecule has 1 aromatic heterocycles. The molecule has 2 aromatic rings. The van der Waals surface area contributed by atoms with Crippen molar-refractivity contribution in [3.63, 3.8) is 0 Å². The number of aromatic nitrogens is 2. The van der Waals surface area contributed by atoms with E-state index in [0.29, 0.717) is 16.6 Å². The molecule has 90 valence electrons. The van der Waals surface area contributed by atoms with E-state index in [2.05, 4.69) is 32.2 Å². The molecule has 0 aliphatic heterocycles. The average molecular weight is 314 g/mol. The zero-order valence-electron chi connectivity index (χ0n) is 9.31. The Labute approximate surface area is 112 Å². The lowest BCUT2D eigenvalue weighted by Crippen LogP contribution is -1.90. The Hall–Kier alpha value is -1.14. The van der Waals surface area contributed by atoms with E-state index in [1.807, 2.05) is 6.07 Å². The van der Waals surface area contributed by atoms with Crippen molar-refractivity contribution in [1.82, 2.24) is 9.36 Å². The van der Waals surface area contributed by atoms with Crippen molar-refractivity contribution in [1.29, 1.82) is 0 Å². The first-order valence-electron chi connectivity index (χ1n) is 5.24. The van der Waals surface area contributed by atoms with E-state index >= 15 is 0 Å². The van der Waals surface area contributed by atoms with Crippen LogP contribution < -0.4 is 10.5 Å². The summed E-state index contributed by atoms with van der Waals surface area (Å²) in [5.74, 6) is 1.48. The summed E-state index contributed by atoms with van der Waals surface area (Å²) >= 11 is 4.66. The van der Waals surface area contributed by atoms with Gasteiger partial charge in [-0.2, -0.15) is 9.36 Å². The van der Waals surface area contributed by atoms with Gasteiger partial charge in [-0.05, 0) is 34.5 Å². The summed E-state index contributed by atoms with van der Waals surface area (Å²) in [6.07, 6.45) is 1.90. The molecule has 0 saturated heterocycles. The molecule has 0 unspecified atom stereocenters. The van der Waals surface area contributed by atoms with E-state index in [9.17, 15) is 0 Å². The minimum Gasteiger partial charge on any atom is -0.429 e. The maximum atomic E-state index is 5.70. The zero-order valence-corrected chi connectivity index (χ0v) is 11.7. The van der Waals surface area contributed by atoms with Crippen LogP contribution in [-0.2, 0) is 6.42 Å². The van der Waals surface area contributed by atoms with Crippen LogP contribution in [0.5, 0.6) is 10.9 Å². The number of nitrogens with zero attached hydrogens (tertiary/aromatic N) is 2. The van der Waals surface area contributed by atoms with Gasteiger partial charge < -0.3 is 10.5 Å². The number of halogens is 1. The molecule has 2 rings (SSSR count). The van der Waals surface area contributed by atoms with Gasteiger partial charge in [0.2, 0.25) is 0 Å². The van der Waals surface area contributed by atoms with Crippen molar-refractivity contribution in [3.8, 4) is 10.9 Å². The summed E-state index contributed by atoms with van der Waals surface area (Å²) in [5, 5.41) is 0.541. The molecule has 1 heterocycles. The quantitative estimate of drug-likeness (QED) is 0.876. The Morgan fingerprint density at radius 2 is 2.29 bits per heavy atom. The summed E-state index contributed by atoms with van der Waals surface area (Å²) in [6.45, 7) is 2.09. The lowest BCUT2D eigenvalue weighted by molar-refractivity contribution is 0.474. The molecule has 0 radical (unpaired) electrons. The van der Waals surface area contributed by atoms with Crippen LogP contribution >= 0.6 is 27.5 Å². The smallest absolute Gasteiger partial charge is 0.298 e. The number of nitrogen functional groups attached to an aromatic ring is 1. The first-order valence-corrected chi connectivity index (χ1v) is 6.81. The molecule has 4 nitrogen and oxygen atoms in total. The number of nitrogens with two attached hydrogens (primary N) is 1. The number of rotatable bonds is 4. The van der Waals surface area contributed by atoms with Crippen molar-refractivity contribution in [3.05, 3.63) is 28.5 Å². The van der Waals surface area contributed by atoms with Crippen LogP contribution in [0.2, 0.25) is 0 Å². The molecule has 0 amide bonds. The van der Waals surface area contributed by atoms with Gasteiger partial charge >= 0.3 is 0 Å². The molecule has 0 aliphatic rings. The van der Waals surface area contributed by atoms with Crippen molar-refractivity contribution in [2.75, 3.05) is 5.73 Å². The fraction of sp³-hybridized carbons (Fsp3) is 0.273. The molecule has 0 spiro atoms. The summed E-state index contributed by atoms with van der Waals surface area (Å²) in [6, 6.07) is 5.41. The maximum absolute atomic E-state index is 5.70. The first-order chi connectivity index (χ1) is 8.19. The summed E-state index contributed by atoms with van der Waals surface area (Å²) in [4.78, 5) is 4.29. The van der Waals surface area contributed by atoms with Crippen molar-refractivity contribution in [2.45, 2.75) is 19.8 Å². The third-order valence-corrected chi connectivity index (χ3v) is 3.36. The molecular formula is C11H12BrN3OS. The van der Waals surface area contributed by atoms with E-state index in [1.165, 1.54) is 11.5 Å². The Bertz CT molecular complexity index is 515. The van der Waals surface area contributed by atoms with Crippen molar-refractivity contribution >= 4 is 33.1 Å². The molecular weight excluding hydrogens is 302 g/mol. The van der Waals surface area contributed by atoms with Crippen molar-refractivity contribution in [2.24, 2.45) is 0 Å². The highest BCUT2D eigenvalue weighted by Gasteiger charge is 2.08. The van der Waals surface area contributed by atoms with Gasteiger partial charge in [-0.1, -0.05) is 6.92 Å². The topological polar surface area (TPSA) is 61.0 Å². The van der Waals surface area contributed by atoms with Gasteiger partial charge in [-0.25, -0.2) is 0 Å². The van der Waals surface area contributed by atoms with Crippen LogP contribution in [0.3, 0.4) is 0 Å². The fourth-order valence-electron chi connectivity index (χ4n) is 1.30. The van der Waals surface area contributed by atoms with Gasteiger partial charge in [-0.3, -0.25) is 0 Å². The van der Waals surface area contributed by atoms with E-state index in [-0.39, 0.29) is 0 Å². The Morgan fingerprint density at radius 3 is 3.06 bits per heavy atom. The SMILES string of the molecule is CCCc1nsc(Oc2cc(N)ccc2Br)n1. The molecule has 2 N–H and O–H groups in total. The standard InChI is InChI=1S/C11H12BrN3OS/c1-2-3-10-14-11(17-15-10)16-9-6-7(13)4-5-8(9)12/h4-6H,2-3,13H2,1H3. The monoisotopic (exact) mass is 313 g/mol. The Morgan fingerprint density at radius 1 is 1.47 bits per heavy atom. The largest absolute Gasteiger partial charge is 0.429 e. The Balaban J connectivity index is 2.16. The third kappa shape index (κ3) is 3.17. The molecule has 0 aliphatic carbocycles. The number of ether oxygens (including phenoxy) is 1. The number of anilines is 1. The summed E-state index contributed by atoms with van der Waals surface area (Å²) < 4.78 is 10.7. The van der Waals surface area contributed by atoms with Crippen LogP contribution in [0, 0.1) is 0 Å². The van der Waals surface area contributed by atoms with Gasteiger partial charge in [0.25, 0.3) is 5.19 Å². The van der Waals surface area contributed by atoms with E-state index in [1.54, 1.807) is 12.1 Å². The first kappa shape index (κ1) is 12.3. The van der Waals surface area contributed by atoms with Crippen LogP contribution in [0.15, 0.2) is 22.7 Å². The summed E-state index contributed by atoms with van der Waals surface area (Å²) in [5.41, 5.74) is 6.35. The second-order valence-corrected chi connectivity index (χ2v) is 5.09. The maximum Gasteiger partial charge on any atom is 0.298 e. The van der Waals surface area contributed by atoms with Gasteiger partial charge in [0.1, 0.15) is 11.6 Å². The van der Waals surface area contributed by atoms with E-state index < -0.39 is 0 Å². The zero-order chi connectivity index (χ0) is 12.3. The van der Waals surface area contributed by atoms with Crippen LogP contribution in [0.1, 0.15) is 19.2 Å². The van der Waals surface area contributed by atoms with Gasteiger partial charge in [-0.15, -0.1) is 0 Å². The molecule has 17 heavy (non-hydrogen) atoms. The second-order valence-electron chi connectivity index (χ2n) is 3.52. The van der Waals surface area contributed by atoms with Gasteiger partial charge in [0, 0.05) is 29.7 Å². The van der Waals surface area contributed by atoms with Gasteiger partial charge in [0.15, 0.2) is 0 Å². The van der Waals surface area contributed by atoms with E-state index in [4.69, 9.17) is 10.5 Å². The van der Waals surface area contributed by atoms with Gasteiger partial charge in [0.05, 0.1) is 4.47 Å². The molecule has 6 heteroatoms. The van der Waals surface area contributed by atoms with Crippen molar-refractivity contribution < 1.29 is 4.74 Å². The van der Waals surface area contributed by atoms with Crippen LogP contribution in [0.25, 0.3) is 0 Å². The lowest BCUT2D eigenvalue weighted by Gasteiger charge is -2.04. The highest BCUT2D eigenvalue weighted by Crippen LogP contribution is 2.32. The van der Waals surface area contributed by atoms with E-state index in [0.717, 1.165) is 23.1 Å². The second kappa shape index (κ2) is 5.46. The number of hydrogen-bond acceptors (Lipinski definition) is 5. The highest BCUT2D eigenvalue weighted by molar-refractivity contribution is 9.10. The fourth-order valence-corrected chi connectivity index (χ4v) is 2.21. The predicted octanol–water partition coefficient (Wildman–Crippen LogP) is 3.63. The molecule has 0 fully saturated rings.